The number of para-hydroxylation sites is 1. The Labute approximate surface area is 230 Å². The van der Waals surface area contributed by atoms with Crippen LogP contribution in [0.1, 0.15) is 16.7 Å². The Morgan fingerprint density at radius 3 is 2.26 bits per heavy atom. The molecular formula is C35H25N3S. The first kappa shape index (κ1) is 22.4. The normalized spacial score (nSPS) is 12.0. The topological polar surface area (TPSA) is 30.7 Å². The van der Waals surface area contributed by atoms with Crippen molar-refractivity contribution in [2.75, 3.05) is 0 Å². The van der Waals surface area contributed by atoms with Gasteiger partial charge in [0.1, 0.15) is 0 Å². The van der Waals surface area contributed by atoms with E-state index in [4.69, 9.17) is 9.97 Å². The van der Waals surface area contributed by atoms with Gasteiger partial charge in [0.2, 0.25) is 5.95 Å². The smallest absolute Gasteiger partial charge is 0.235 e. The molecule has 0 aliphatic rings. The van der Waals surface area contributed by atoms with Gasteiger partial charge in [-0.15, -0.1) is 11.3 Å². The van der Waals surface area contributed by atoms with E-state index in [2.05, 4.69) is 122 Å². The van der Waals surface area contributed by atoms with Crippen LogP contribution in [0, 0.1) is 20.8 Å². The minimum absolute atomic E-state index is 0.700. The molecular weight excluding hydrogens is 494 g/mol. The lowest BCUT2D eigenvalue weighted by Crippen LogP contribution is -2.03. The van der Waals surface area contributed by atoms with Crippen LogP contribution in [0.3, 0.4) is 0 Å². The highest BCUT2D eigenvalue weighted by atomic mass is 32.1. The van der Waals surface area contributed by atoms with Crippen molar-refractivity contribution in [2.24, 2.45) is 0 Å². The maximum Gasteiger partial charge on any atom is 0.235 e. The molecule has 3 heterocycles. The molecule has 0 bridgehead atoms. The summed E-state index contributed by atoms with van der Waals surface area (Å²) >= 11 is 1.90. The van der Waals surface area contributed by atoms with Gasteiger partial charge in [-0.25, -0.2) is 9.97 Å². The van der Waals surface area contributed by atoms with Crippen LogP contribution in [0.2, 0.25) is 0 Å². The number of hydrogen-bond acceptors (Lipinski definition) is 3. The van der Waals surface area contributed by atoms with Gasteiger partial charge >= 0.3 is 0 Å². The molecule has 8 rings (SSSR count). The van der Waals surface area contributed by atoms with Gasteiger partial charge in [0, 0.05) is 41.9 Å². The quantitative estimate of drug-likeness (QED) is 0.228. The van der Waals surface area contributed by atoms with Gasteiger partial charge in [-0.05, 0) is 56.7 Å². The summed E-state index contributed by atoms with van der Waals surface area (Å²) in [6.45, 7) is 6.50. The van der Waals surface area contributed by atoms with E-state index in [1.807, 2.05) is 11.3 Å². The van der Waals surface area contributed by atoms with Crippen molar-refractivity contribution in [1.82, 2.24) is 14.5 Å². The molecule has 0 aliphatic carbocycles. The van der Waals surface area contributed by atoms with Crippen LogP contribution < -0.4 is 0 Å². The second-order valence-corrected chi connectivity index (χ2v) is 11.5. The largest absolute Gasteiger partial charge is 0.278 e. The van der Waals surface area contributed by atoms with Crippen molar-refractivity contribution in [3.8, 4) is 17.2 Å². The van der Waals surface area contributed by atoms with Crippen molar-refractivity contribution in [3.63, 3.8) is 0 Å². The number of thiophene rings is 1. The molecule has 0 unspecified atom stereocenters. The highest BCUT2D eigenvalue weighted by Gasteiger charge is 2.20. The summed E-state index contributed by atoms with van der Waals surface area (Å²) in [5.41, 5.74) is 9.05. The molecule has 3 aromatic heterocycles. The summed E-state index contributed by atoms with van der Waals surface area (Å²) in [5.74, 6) is 0.700. The van der Waals surface area contributed by atoms with Crippen molar-refractivity contribution in [2.45, 2.75) is 20.8 Å². The van der Waals surface area contributed by atoms with E-state index in [0.29, 0.717) is 5.95 Å². The second-order valence-electron chi connectivity index (χ2n) is 10.5. The van der Waals surface area contributed by atoms with Gasteiger partial charge in [0.25, 0.3) is 0 Å². The van der Waals surface area contributed by atoms with E-state index < -0.39 is 0 Å². The van der Waals surface area contributed by atoms with Gasteiger partial charge in [-0.1, -0.05) is 77.9 Å². The zero-order chi connectivity index (χ0) is 26.2. The number of fused-ring (bicyclic) bond motifs is 8. The van der Waals surface area contributed by atoms with Crippen LogP contribution in [0.15, 0.2) is 97.1 Å². The average Bonchev–Trinajstić information content (AvgIpc) is 3.49. The Bertz CT molecular complexity index is 2270. The standard InChI is InChI=1S/C35H25N3S/c1-20-8-6-10-23(18-20)32-26-11-4-5-13-28(26)36-35(37-32)38-29-16-14-21(2)19-27(29)31-30(38)17-15-25-24-12-7-9-22(3)33(24)39-34(25)31/h4-19H,1-3H3. The fourth-order valence-electron chi connectivity index (χ4n) is 6.01. The van der Waals surface area contributed by atoms with Gasteiger partial charge in [-0.3, -0.25) is 4.57 Å². The monoisotopic (exact) mass is 519 g/mol. The fourth-order valence-corrected chi connectivity index (χ4v) is 7.33. The number of aromatic nitrogens is 3. The summed E-state index contributed by atoms with van der Waals surface area (Å²) in [7, 11) is 0. The van der Waals surface area contributed by atoms with Crippen LogP contribution in [0.4, 0.5) is 0 Å². The molecule has 5 aromatic carbocycles. The molecule has 0 saturated carbocycles. The maximum atomic E-state index is 5.27. The summed E-state index contributed by atoms with van der Waals surface area (Å²) < 4.78 is 4.94. The number of aryl methyl sites for hydroxylation is 3. The lowest BCUT2D eigenvalue weighted by atomic mass is 10.0. The van der Waals surface area contributed by atoms with Crippen molar-refractivity contribution < 1.29 is 0 Å². The predicted octanol–water partition coefficient (Wildman–Crippen LogP) is 9.69. The van der Waals surface area contributed by atoms with Crippen molar-refractivity contribution in [1.29, 1.82) is 0 Å². The summed E-state index contributed by atoms with van der Waals surface area (Å²) in [5, 5.41) is 6.22. The molecule has 0 N–H and O–H groups in total. The van der Waals surface area contributed by atoms with Gasteiger partial charge < -0.3 is 0 Å². The molecule has 3 nitrogen and oxygen atoms in total. The van der Waals surface area contributed by atoms with Crippen LogP contribution in [-0.4, -0.2) is 14.5 Å². The van der Waals surface area contributed by atoms with E-state index in [1.165, 1.54) is 47.6 Å². The third kappa shape index (κ3) is 3.28. The first-order chi connectivity index (χ1) is 19.1. The molecule has 0 atom stereocenters. The molecule has 8 aromatic rings. The Morgan fingerprint density at radius 1 is 0.590 bits per heavy atom. The highest BCUT2D eigenvalue weighted by molar-refractivity contribution is 7.27. The highest BCUT2D eigenvalue weighted by Crippen LogP contribution is 2.44. The molecule has 4 heteroatoms. The molecule has 0 aliphatic heterocycles. The lowest BCUT2D eigenvalue weighted by Gasteiger charge is -2.12. The Morgan fingerprint density at radius 2 is 1.36 bits per heavy atom. The maximum absolute atomic E-state index is 5.27. The van der Waals surface area contributed by atoms with E-state index in [9.17, 15) is 0 Å². The fraction of sp³-hybridized carbons (Fsp3) is 0.0857. The zero-order valence-electron chi connectivity index (χ0n) is 22.0. The number of hydrogen-bond donors (Lipinski definition) is 0. The van der Waals surface area contributed by atoms with Crippen LogP contribution in [0.5, 0.6) is 0 Å². The lowest BCUT2D eigenvalue weighted by molar-refractivity contribution is 1.01. The van der Waals surface area contributed by atoms with Crippen LogP contribution in [-0.2, 0) is 0 Å². The van der Waals surface area contributed by atoms with Crippen molar-refractivity contribution >= 4 is 64.2 Å². The molecule has 0 amide bonds. The number of nitrogens with zero attached hydrogens (tertiary/aromatic N) is 3. The van der Waals surface area contributed by atoms with E-state index in [0.717, 1.165) is 33.2 Å². The second kappa shape index (κ2) is 8.23. The first-order valence-electron chi connectivity index (χ1n) is 13.3. The minimum Gasteiger partial charge on any atom is -0.278 e. The van der Waals surface area contributed by atoms with E-state index >= 15 is 0 Å². The predicted molar refractivity (Wildman–Crippen MR) is 166 cm³/mol. The Balaban J connectivity index is 1.53. The molecule has 0 radical (unpaired) electrons. The molecule has 0 saturated heterocycles. The van der Waals surface area contributed by atoms with Crippen molar-refractivity contribution in [3.05, 3.63) is 114 Å². The molecule has 0 fully saturated rings. The Kier molecular flexibility index (Phi) is 4.73. The summed E-state index contributed by atoms with van der Waals surface area (Å²) in [6.07, 6.45) is 0. The van der Waals surface area contributed by atoms with Gasteiger partial charge in [0.05, 0.1) is 22.2 Å². The van der Waals surface area contributed by atoms with Crippen LogP contribution in [0.25, 0.3) is 70.1 Å². The third-order valence-electron chi connectivity index (χ3n) is 7.83. The first-order valence-corrected chi connectivity index (χ1v) is 14.1. The molecule has 39 heavy (non-hydrogen) atoms. The average molecular weight is 520 g/mol. The van der Waals surface area contributed by atoms with E-state index in [-0.39, 0.29) is 0 Å². The number of rotatable bonds is 2. The van der Waals surface area contributed by atoms with Crippen LogP contribution >= 0.6 is 11.3 Å². The van der Waals surface area contributed by atoms with E-state index in [1.54, 1.807) is 0 Å². The summed E-state index contributed by atoms with van der Waals surface area (Å²) in [6, 6.07) is 34.8. The zero-order valence-corrected chi connectivity index (χ0v) is 22.8. The molecule has 186 valence electrons. The number of benzene rings is 5. The van der Waals surface area contributed by atoms with Gasteiger partial charge in [-0.2, -0.15) is 0 Å². The third-order valence-corrected chi connectivity index (χ3v) is 9.20. The van der Waals surface area contributed by atoms with Gasteiger partial charge in [0.15, 0.2) is 0 Å². The molecule has 0 spiro atoms. The summed E-state index contributed by atoms with van der Waals surface area (Å²) in [4.78, 5) is 10.4. The Hall–Kier alpha value is -4.54. The minimum atomic E-state index is 0.700. The SMILES string of the molecule is Cc1cccc(-c2nc(-n3c4ccc(C)cc4c4c5sc6c(C)cccc6c5ccc43)nc3ccccc23)c1.